The third kappa shape index (κ3) is 4.16. The van der Waals surface area contributed by atoms with Crippen LogP contribution in [0.1, 0.15) is 19.4 Å². The Morgan fingerprint density at radius 3 is 2.56 bits per heavy atom. The van der Waals surface area contributed by atoms with Crippen LogP contribution < -0.4 is 15.5 Å². The highest BCUT2D eigenvalue weighted by molar-refractivity contribution is 6.32. The Morgan fingerprint density at radius 1 is 1.19 bits per heavy atom. The predicted octanol–water partition coefficient (Wildman–Crippen LogP) is 4.86. The molecule has 27 heavy (non-hydrogen) atoms. The van der Waals surface area contributed by atoms with Gasteiger partial charge in [0, 0.05) is 5.69 Å². The number of nitrogens with one attached hydrogen (secondary N) is 1. The number of hydrogen-bond donors (Lipinski definition) is 1. The Morgan fingerprint density at radius 2 is 1.93 bits per heavy atom. The Hall–Kier alpha value is -2.74. The summed E-state index contributed by atoms with van der Waals surface area (Å²) < 4.78 is 50.5. The number of H-pyrrole nitrogens is 1. The van der Waals surface area contributed by atoms with E-state index >= 15 is 0 Å². The summed E-state index contributed by atoms with van der Waals surface area (Å²) in [6.45, 7) is 3.74. The van der Waals surface area contributed by atoms with E-state index in [0.717, 1.165) is 6.07 Å². The second kappa shape index (κ2) is 7.11. The summed E-state index contributed by atoms with van der Waals surface area (Å²) in [5.41, 5.74) is 4.91. The summed E-state index contributed by atoms with van der Waals surface area (Å²) >= 11 is 6.19. The lowest BCUT2D eigenvalue weighted by molar-refractivity contribution is -0.357. The van der Waals surface area contributed by atoms with Crippen LogP contribution in [0.5, 0.6) is 5.75 Å². The lowest BCUT2D eigenvalue weighted by Crippen LogP contribution is -2.12. The summed E-state index contributed by atoms with van der Waals surface area (Å²) in [7, 11) is 0. The Balaban J connectivity index is 1.98. The van der Waals surface area contributed by atoms with Gasteiger partial charge in [0.05, 0.1) is 27.8 Å². The van der Waals surface area contributed by atoms with Crippen LogP contribution in [0, 0.1) is 0 Å². The molecule has 0 saturated heterocycles. The van der Waals surface area contributed by atoms with Crippen LogP contribution in [-0.2, 0) is 6.18 Å². The second-order valence-electron chi connectivity index (χ2n) is 6.10. The number of aromatic nitrogens is 2. The normalized spacial score (nSPS) is 11.8. The van der Waals surface area contributed by atoms with Crippen molar-refractivity contribution in [2.75, 3.05) is 5.73 Å². The fourth-order valence-corrected chi connectivity index (χ4v) is 2.70. The third-order valence-electron chi connectivity index (χ3n) is 3.62. The first kappa shape index (κ1) is 19.0. The summed E-state index contributed by atoms with van der Waals surface area (Å²) in [5.74, 6) is 0.584. The van der Waals surface area contributed by atoms with Gasteiger partial charge in [0.2, 0.25) is 0 Å². The van der Waals surface area contributed by atoms with Crippen LogP contribution in [0.25, 0.3) is 22.8 Å². The van der Waals surface area contributed by atoms with Gasteiger partial charge in [0.15, 0.2) is 5.16 Å². The molecule has 0 atom stereocenters. The molecule has 0 bridgehead atoms. The van der Waals surface area contributed by atoms with Crippen LogP contribution in [-0.4, -0.2) is 11.3 Å². The van der Waals surface area contributed by atoms with Crippen molar-refractivity contribution in [3.63, 3.8) is 0 Å². The number of nitrogen functional groups attached to an aromatic ring is 1. The largest absolute Gasteiger partial charge is 0.489 e. The Kier molecular flexibility index (Phi) is 5.01. The Labute approximate surface area is 157 Å². The number of aromatic amines is 1. The minimum absolute atomic E-state index is 0.00154. The maximum absolute atomic E-state index is 13.3. The van der Waals surface area contributed by atoms with Crippen molar-refractivity contribution in [2.45, 2.75) is 26.1 Å². The summed E-state index contributed by atoms with van der Waals surface area (Å²) in [5, 5.41) is 4.16. The van der Waals surface area contributed by atoms with Gasteiger partial charge in [-0.05, 0) is 50.2 Å². The number of nitrogens with two attached hydrogens (primary N) is 1. The monoisotopic (exact) mass is 398 g/mol. The fourth-order valence-electron chi connectivity index (χ4n) is 2.48. The van der Waals surface area contributed by atoms with E-state index in [1.807, 2.05) is 13.8 Å². The molecule has 0 spiro atoms. The molecule has 3 aromatic rings. The van der Waals surface area contributed by atoms with Crippen molar-refractivity contribution in [2.24, 2.45) is 0 Å². The van der Waals surface area contributed by atoms with Crippen molar-refractivity contribution in [3.8, 4) is 28.6 Å². The molecule has 0 aliphatic rings. The molecule has 1 aromatic heterocycles. The van der Waals surface area contributed by atoms with Crippen molar-refractivity contribution >= 4 is 17.3 Å². The van der Waals surface area contributed by atoms with E-state index < -0.39 is 11.7 Å². The number of rotatable bonds is 4. The van der Waals surface area contributed by atoms with Gasteiger partial charge in [-0.25, -0.2) is 4.52 Å². The summed E-state index contributed by atoms with van der Waals surface area (Å²) in [6.07, 6.45) is -4.64. The SMILES string of the molecule is CC(C)Oc1ccc(-c2noc(-c3ccc(N)cc3C(F)(F)F)[nH+]2)cc1Cl. The van der Waals surface area contributed by atoms with Crippen molar-refractivity contribution < 1.29 is 27.4 Å². The molecular formula is C18H16ClF3N3O2+. The average molecular weight is 399 g/mol. The van der Waals surface area contributed by atoms with Crippen LogP contribution in [0.4, 0.5) is 18.9 Å². The van der Waals surface area contributed by atoms with Gasteiger partial charge in [-0.15, -0.1) is 0 Å². The van der Waals surface area contributed by atoms with Gasteiger partial charge in [-0.3, -0.25) is 0 Å². The van der Waals surface area contributed by atoms with Gasteiger partial charge >= 0.3 is 17.9 Å². The molecule has 0 fully saturated rings. The first-order chi connectivity index (χ1) is 12.6. The smallest absolute Gasteiger partial charge is 0.417 e. The number of anilines is 1. The van der Waals surface area contributed by atoms with Gasteiger partial charge in [0.1, 0.15) is 5.75 Å². The Bertz CT molecular complexity index is 971. The van der Waals surface area contributed by atoms with E-state index in [1.54, 1.807) is 18.2 Å². The highest BCUT2D eigenvalue weighted by Gasteiger charge is 2.36. The quantitative estimate of drug-likeness (QED) is 0.636. The van der Waals surface area contributed by atoms with E-state index in [4.69, 9.17) is 26.6 Å². The molecule has 0 unspecified atom stereocenters. The number of hydrogen-bond acceptors (Lipinski definition) is 4. The van der Waals surface area contributed by atoms with E-state index in [0.29, 0.717) is 16.3 Å². The number of nitrogens with zero attached hydrogens (tertiary/aromatic N) is 1. The zero-order valence-electron chi connectivity index (χ0n) is 14.4. The fraction of sp³-hybridized carbons (Fsp3) is 0.222. The standard InChI is InChI=1S/C18H15ClF3N3O2/c1-9(2)26-15-6-3-10(7-14(15)19)16-24-17(27-25-16)12-5-4-11(23)8-13(12)18(20,21)22/h3-9H,23H2,1-2H3/p+1. The first-order valence-electron chi connectivity index (χ1n) is 7.98. The van der Waals surface area contributed by atoms with Crippen LogP contribution in [0.3, 0.4) is 0 Å². The highest BCUT2D eigenvalue weighted by atomic mass is 35.5. The number of ether oxygens (including phenoxy) is 1. The van der Waals surface area contributed by atoms with Crippen molar-refractivity contribution in [1.29, 1.82) is 0 Å². The van der Waals surface area contributed by atoms with Gasteiger partial charge in [-0.1, -0.05) is 11.6 Å². The molecule has 0 aliphatic carbocycles. The first-order valence-corrected chi connectivity index (χ1v) is 8.35. The molecular weight excluding hydrogens is 383 g/mol. The van der Waals surface area contributed by atoms with Crippen LogP contribution in [0.15, 0.2) is 40.9 Å². The topological polar surface area (TPSA) is 75.4 Å². The van der Waals surface area contributed by atoms with Gasteiger partial charge < -0.3 is 10.5 Å². The molecule has 5 nitrogen and oxygen atoms in total. The number of alkyl halides is 3. The lowest BCUT2D eigenvalue weighted by Gasteiger charge is -2.11. The second-order valence-corrected chi connectivity index (χ2v) is 6.51. The molecule has 1 heterocycles. The van der Waals surface area contributed by atoms with Crippen LogP contribution >= 0.6 is 11.6 Å². The zero-order valence-corrected chi connectivity index (χ0v) is 15.2. The molecule has 142 valence electrons. The van der Waals surface area contributed by atoms with E-state index in [9.17, 15) is 13.2 Å². The number of benzene rings is 2. The van der Waals surface area contributed by atoms with Gasteiger partial charge in [0.25, 0.3) is 0 Å². The molecule has 3 N–H and O–H groups in total. The average Bonchev–Trinajstić information content (AvgIpc) is 3.05. The summed E-state index contributed by atoms with van der Waals surface area (Å²) in [6, 6.07) is 8.35. The highest BCUT2D eigenvalue weighted by Crippen LogP contribution is 2.37. The van der Waals surface area contributed by atoms with Crippen molar-refractivity contribution in [1.82, 2.24) is 5.16 Å². The number of halogens is 4. The maximum Gasteiger partial charge on any atom is 0.417 e. The van der Waals surface area contributed by atoms with Gasteiger partial charge in [-0.2, -0.15) is 18.2 Å². The third-order valence-corrected chi connectivity index (χ3v) is 3.92. The maximum atomic E-state index is 13.3. The van der Waals surface area contributed by atoms with Crippen LogP contribution in [0.2, 0.25) is 5.02 Å². The molecule has 3 rings (SSSR count). The summed E-state index contributed by atoms with van der Waals surface area (Å²) in [4.78, 5) is 2.75. The minimum Gasteiger partial charge on any atom is -0.489 e. The van der Waals surface area contributed by atoms with E-state index in [-0.39, 0.29) is 29.1 Å². The molecule has 0 saturated carbocycles. The molecule has 0 radical (unpaired) electrons. The van der Waals surface area contributed by atoms with Crippen molar-refractivity contribution in [3.05, 3.63) is 47.0 Å². The molecule has 2 aromatic carbocycles. The van der Waals surface area contributed by atoms with E-state index in [2.05, 4.69) is 10.1 Å². The molecule has 0 aliphatic heterocycles. The molecule has 0 amide bonds. The molecule has 9 heteroatoms. The van der Waals surface area contributed by atoms with E-state index in [1.165, 1.54) is 12.1 Å². The lowest BCUT2D eigenvalue weighted by atomic mass is 10.1. The minimum atomic E-state index is -4.59. The zero-order chi connectivity index (χ0) is 19.8. The predicted molar refractivity (Wildman–Crippen MR) is 94.1 cm³/mol.